The van der Waals surface area contributed by atoms with E-state index in [1.54, 1.807) is 4.90 Å². The third kappa shape index (κ3) is 2.95. The number of anilines is 1. The van der Waals surface area contributed by atoms with Gasteiger partial charge in [0.2, 0.25) is 5.91 Å². The molecule has 1 atom stereocenters. The summed E-state index contributed by atoms with van der Waals surface area (Å²) in [6.45, 7) is 4.72. The van der Waals surface area contributed by atoms with Crippen molar-refractivity contribution < 1.29 is 14.3 Å². The molecule has 1 aromatic rings. The zero-order valence-corrected chi connectivity index (χ0v) is 11.4. The topological polar surface area (TPSA) is 46.6 Å². The molecular weight excluding hydrogens is 242 g/mol. The van der Waals surface area contributed by atoms with Gasteiger partial charge in [0.15, 0.2) is 0 Å². The summed E-state index contributed by atoms with van der Waals surface area (Å²) in [4.78, 5) is 25.4. The van der Waals surface area contributed by atoms with Crippen LogP contribution >= 0.6 is 0 Å². The Bertz CT molecular complexity index is 467. The average molecular weight is 261 g/mol. The number of carbonyl (C=O) groups excluding carboxylic acids is 2. The summed E-state index contributed by atoms with van der Waals surface area (Å²) < 4.78 is 5.38. The van der Waals surface area contributed by atoms with E-state index in [9.17, 15) is 9.59 Å². The number of carbonyl (C=O) groups is 2. The summed E-state index contributed by atoms with van der Waals surface area (Å²) in [7, 11) is 0. The number of amides is 1. The lowest BCUT2D eigenvalue weighted by Crippen LogP contribution is -2.43. The van der Waals surface area contributed by atoms with Crippen molar-refractivity contribution in [3.63, 3.8) is 0 Å². The molecule has 0 unspecified atom stereocenters. The highest BCUT2D eigenvalue weighted by molar-refractivity contribution is 6.08. The van der Waals surface area contributed by atoms with Crippen LogP contribution in [0, 0.1) is 5.92 Å². The fraction of sp³-hybridized carbons (Fsp3) is 0.467. The first-order valence-electron chi connectivity index (χ1n) is 6.68. The van der Waals surface area contributed by atoms with Crippen LogP contribution in [0.1, 0.15) is 26.7 Å². The first kappa shape index (κ1) is 13.6. The summed E-state index contributed by atoms with van der Waals surface area (Å²) >= 11 is 0. The van der Waals surface area contributed by atoms with Crippen LogP contribution < -0.4 is 9.64 Å². The van der Waals surface area contributed by atoms with Crippen LogP contribution in [0.3, 0.4) is 0 Å². The van der Waals surface area contributed by atoms with E-state index in [1.807, 2.05) is 31.2 Å². The number of Topliss-reactive ketones (excluding diaryl/α,β-unsaturated/α-hetero) is 1. The Morgan fingerprint density at radius 3 is 2.63 bits per heavy atom. The van der Waals surface area contributed by atoms with Crippen LogP contribution in [0.4, 0.5) is 5.69 Å². The van der Waals surface area contributed by atoms with E-state index in [4.69, 9.17) is 4.74 Å². The van der Waals surface area contributed by atoms with Gasteiger partial charge in [0.05, 0.1) is 12.5 Å². The van der Waals surface area contributed by atoms with Gasteiger partial charge >= 0.3 is 0 Å². The molecule has 1 aliphatic heterocycles. The molecule has 0 aliphatic carbocycles. The Morgan fingerprint density at radius 1 is 1.37 bits per heavy atom. The van der Waals surface area contributed by atoms with E-state index in [0.717, 1.165) is 17.9 Å². The number of nitrogens with zero attached hydrogens (tertiary/aromatic N) is 1. The van der Waals surface area contributed by atoms with Crippen LogP contribution in [0.25, 0.3) is 0 Å². The van der Waals surface area contributed by atoms with Crippen LogP contribution in [-0.2, 0) is 9.59 Å². The zero-order valence-electron chi connectivity index (χ0n) is 11.4. The van der Waals surface area contributed by atoms with E-state index < -0.39 is 5.92 Å². The van der Waals surface area contributed by atoms with E-state index in [0.29, 0.717) is 19.6 Å². The Morgan fingerprint density at radius 2 is 2.05 bits per heavy atom. The van der Waals surface area contributed by atoms with Crippen LogP contribution in [-0.4, -0.2) is 24.8 Å². The second-order valence-electron chi connectivity index (χ2n) is 4.72. The highest BCUT2D eigenvalue weighted by Crippen LogP contribution is 2.26. The number of piperidine rings is 1. The fourth-order valence-electron chi connectivity index (χ4n) is 2.40. The number of hydrogen-bond acceptors (Lipinski definition) is 3. The molecule has 0 saturated carbocycles. The largest absolute Gasteiger partial charge is 0.494 e. The second kappa shape index (κ2) is 5.87. The maximum absolute atomic E-state index is 12.3. The smallest absolute Gasteiger partial charge is 0.237 e. The molecule has 1 saturated heterocycles. The molecule has 1 aromatic carbocycles. The fourth-order valence-corrected chi connectivity index (χ4v) is 2.40. The molecule has 2 rings (SSSR count). The number of ether oxygens (including phenoxy) is 1. The summed E-state index contributed by atoms with van der Waals surface area (Å²) in [5.74, 6) is 0.197. The molecule has 102 valence electrons. The normalized spacial score (nSPS) is 19.4. The zero-order chi connectivity index (χ0) is 13.8. The number of hydrogen-bond donors (Lipinski definition) is 0. The van der Waals surface area contributed by atoms with E-state index in [-0.39, 0.29) is 11.7 Å². The first-order chi connectivity index (χ1) is 9.13. The number of benzene rings is 1. The van der Waals surface area contributed by atoms with Gasteiger partial charge in [-0.3, -0.25) is 9.59 Å². The third-order valence-electron chi connectivity index (χ3n) is 3.39. The molecular formula is C15H19NO3. The number of ketones is 1. The Labute approximate surface area is 113 Å². The Balaban J connectivity index is 2.16. The third-order valence-corrected chi connectivity index (χ3v) is 3.39. The minimum atomic E-state index is -0.472. The standard InChI is InChI=1S/C15H19NO3/c1-3-19-13-8-6-12(7-9-13)16-10-4-5-14(11(2)17)15(16)18/h6-9,14H,3-5,10H2,1-2H3/t14-/m0/s1. The van der Waals surface area contributed by atoms with Gasteiger partial charge in [0.25, 0.3) is 0 Å². The summed E-state index contributed by atoms with van der Waals surface area (Å²) in [5.41, 5.74) is 0.833. The van der Waals surface area contributed by atoms with Crippen molar-refractivity contribution in [2.75, 3.05) is 18.1 Å². The minimum Gasteiger partial charge on any atom is -0.494 e. The van der Waals surface area contributed by atoms with Gasteiger partial charge in [0.1, 0.15) is 11.5 Å². The maximum atomic E-state index is 12.3. The molecule has 1 amide bonds. The molecule has 19 heavy (non-hydrogen) atoms. The Kier molecular flexibility index (Phi) is 4.20. The van der Waals surface area contributed by atoms with Gasteiger partial charge in [0, 0.05) is 12.2 Å². The molecule has 1 aliphatic rings. The lowest BCUT2D eigenvalue weighted by atomic mass is 9.93. The number of rotatable bonds is 4. The van der Waals surface area contributed by atoms with Gasteiger partial charge in [-0.15, -0.1) is 0 Å². The van der Waals surface area contributed by atoms with E-state index >= 15 is 0 Å². The molecule has 1 fully saturated rings. The first-order valence-corrected chi connectivity index (χ1v) is 6.68. The predicted molar refractivity (Wildman–Crippen MR) is 73.4 cm³/mol. The van der Waals surface area contributed by atoms with Gasteiger partial charge in [-0.25, -0.2) is 0 Å². The molecule has 0 bridgehead atoms. The van der Waals surface area contributed by atoms with Crippen molar-refractivity contribution in [1.82, 2.24) is 0 Å². The molecule has 0 aromatic heterocycles. The van der Waals surface area contributed by atoms with Crippen molar-refractivity contribution in [1.29, 1.82) is 0 Å². The van der Waals surface area contributed by atoms with Gasteiger partial charge < -0.3 is 9.64 Å². The monoisotopic (exact) mass is 261 g/mol. The highest BCUT2D eigenvalue weighted by Gasteiger charge is 2.32. The quantitative estimate of drug-likeness (QED) is 0.782. The molecule has 4 heteroatoms. The maximum Gasteiger partial charge on any atom is 0.237 e. The Hall–Kier alpha value is -1.84. The molecule has 0 spiro atoms. The molecule has 4 nitrogen and oxygen atoms in total. The lowest BCUT2D eigenvalue weighted by molar-refractivity contribution is -0.132. The molecule has 0 N–H and O–H groups in total. The van der Waals surface area contributed by atoms with Gasteiger partial charge in [-0.05, 0) is 51.0 Å². The van der Waals surface area contributed by atoms with Crippen LogP contribution in [0.2, 0.25) is 0 Å². The molecule has 1 heterocycles. The van der Waals surface area contributed by atoms with E-state index in [2.05, 4.69) is 0 Å². The van der Waals surface area contributed by atoms with E-state index in [1.165, 1.54) is 6.92 Å². The van der Waals surface area contributed by atoms with Crippen LogP contribution in [0.5, 0.6) is 5.75 Å². The summed E-state index contributed by atoms with van der Waals surface area (Å²) in [6.07, 6.45) is 1.53. The average Bonchev–Trinajstić information content (AvgIpc) is 2.40. The van der Waals surface area contributed by atoms with Crippen molar-refractivity contribution in [2.45, 2.75) is 26.7 Å². The second-order valence-corrected chi connectivity index (χ2v) is 4.72. The highest BCUT2D eigenvalue weighted by atomic mass is 16.5. The lowest BCUT2D eigenvalue weighted by Gasteiger charge is -2.31. The molecule has 0 radical (unpaired) electrons. The van der Waals surface area contributed by atoms with Crippen molar-refractivity contribution in [2.24, 2.45) is 5.92 Å². The van der Waals surface area contributed by atoms with Gasteiger partial charge in [-0.2, -0.15) is 0 Å². The predicted octanol–water partition coefficient (Wildman–Crippen LogP) is 2.42. The SMILES string of the molecule is CCOc1ccc(N2CCC[C@@H](C(C)=O)C2=O)cc1. The van der Waals surface area contributed by atoms with Crippen molar-refractivity contribution in [3.05, 3.63) is 24.3 Å². The summed E-state index contributed by atoms with van der Waals surface area (Å²) in [5, 5.41) is 0. The minimum absolute atomic E-state index is 0.0411. The van der Waals surface area contributed by atoms with Crippen molar-refractivity contribution >= 4 is 17.4 Å². The van der Waals surface area contributed by atoms with Crippen molar-refractivity contribution in [3.8, 4) is 5.75 Å². The summed E-state index contributed by atoms with van der Waals surface area (Å²) in [6, 6.07) is 7.43. The van der Waals surface area contributed by atoms with Gasteiger partial charge in [-0.1, -0.05) is 0 Å². The van der Waals surface area contributed by atoms with Crippen LogP contribution in [0.15, 0.2) is 24.3 Å².